The van der Waals surface area contributed by atoms with Crippen LogP contribution in [-0.2, 0) is 6.54 Å². The van der Waals surface area contributed by atoms with Gasteiger partial charge in [-0.15, -0.1) is 5.10 Å². The Bertz CT molecular complexity index is 877. The molecule has 2 saturated heterocycles. The summed E-state index contributed by atoms with van der Waals surface area (Å²) in [5.41, 5.74) is 1.68. The number of piperidine rings is 2. The third kappa shape index (κ3) is 3.73. The van der Waals surface area contributed by atoms with Crippen molar-refractivity contribution < 1.29 is 4.79 Å². The molecule has 8 nitrogen and oxygen atoms in total. The van der Waals surface area contributed by atoms with E-state index in [1.54, 1.807) is 4.68 Å². The standard InChI is InChI=1S/C21H29N7O/c1-2-28-20(23-24-25-28)15-5-3-7-17(13-15)22-21(29)26-12-10-19-16(14-26)6-4-11-27(19)18-8-9-18/h3,5,7,13,16,18-19H,2,4,6,8-12,14H2,1H3,(H,22,29). The van der Waals surface area contributed by atoms with Crippen LogP contribution in [-0.4, -0.2) is 67.8 Å². The second kappa shape index (κ2) is 7.74. The molecule has 0 spiro atoms. The van der Waals surface area contributed by atoms with Crippen LogP contribution in [0, 0.1) is 5.92 Å². The lowest BCUT2D eigenvalue weighted by Gasteiger charge is -2.47. The fourth-order valence-corrected chi connectivity index (χ4v) is 5.05. The molecule has 1 saturated carbocycles. The van der Waals surface area contributed by atoms with Crippen molar-refractivity contribution in [2.45, 2.75) is 57.7 Å². The normalized spacial score (nSPS) is 24.9. The molecule has 29 heavy (non-hydrogen) atoms. The Hall–Kier alpha value is -2.48. The molecule has 3 fully saturated rings. The Balaban J connectivity index is 1.25. The van der Waals surface area contributed by atoms with Crippen molar-refractivity contribution in [1.29, 1.82) is 0 Å². The van der Waals surface area contributed by atoms with Crippen LogP contribution in [0.2, 0.25) is 0 Å². The summed E-state index contributed by atoms with van der Waals surface area (Å²) >= 11 is 0. The van der Waals surface area contributed by atoms with Gasteiger partial charge in [0.25, 0.3) is 0 Å². The molecule has 5 rings (SSSR count). The molecule has 2 unspecified atom stereocenters. The zero-order chi connectivity index (χ0) is 19.8. The van der Waals surface area contributed by atoms with E-state index in [-0.39, 0.29) is 6.03 Å². The fraction of sp³-hybridized carbons (Fsp3) is 0.619. The molecule has 3 heterocycles. The highest BCUT2D eigenvalue weighted by atomic mass is 16.2. The molecular formula is C21H29N7O. The summed E-state index contributed by atoms with van der Waals surface area (Å²) in [4.78, 5) is 17.7. The van der Waals surface area contributed by atoms with Crippen LogP contribution in [0.15, 0.2) is 24.3 Å². The summed E-state index contributed by atoms with van der Waals surface area (Å²) in [6.45, 7) is 5.66. The number of likely N-dealkylation sites (tertiary alicyclic amines) is 2. The fourth-order valence-electron chi connectivity index (χ4n) is 5.05. The van der Waals surface area contributed by atoms with E-state index in [0.717, 1.165) is 36.8 Å². The first kappa shape index (κ1) is 18.5. The minimum atomic E-state index is -0.000714. The largest absolute Gasteiger partial charge is 0.324 e. The molecule has 3 aliphatic rings. The van der Waals surface area contributed by atoms with Gasteiger partial charge in [-0.05, 0) is 74.1 Å². The van der Waals surface area contributed by atoms with Crippen LogP contribution in [0.5, 0.6) is 0 Å². The van der Waals surface area contributed by atoms with Gasteiger partial charge in [0.2, 0.25) is 0 Å². The average Bonchev–Trinajstić information content (AvgIpc) is 3.49. The van der Waals surface area contributed by atoms with E-state index < -0.39 is 0 Å². The van der Waals surface area contributed by atoms with Gasteiger partial charge in [-0.1, -0.05) is 12.1 Å². The lowest BCUT2D eigenvalue weighted by molar-refractivity contribution is 0.0315. The number of aryl methyl sites for hydroxylation is 1. The molecule has 2 aromatic rings. The van der Waals surface area contributed by atoms with Gasteiger partial charge in [0, 0.05) is 43.0 Å². The smallest absolute Gasteiger partial charge is 0.321 e. The van der Waals surface area contributed by atoms with Crippen molar-refractivity contribution in [2.75, 3.05) is 25.0 Å². The molecule has 154 valence electrons. The molecule has 2 atom stereocenters. The maximum absolute atomic E-state index is 12.9. The third-order valence-electron chi connectivity index (χ3n) is 6.62. The van der Waals surface area contributed by atoms with Gasteiger partial charge >= 0.3 is 6.03 Å². The van der Waals surface area contributed by atoms with Gasteiger partial charge in [-0.3, -0.25) is 4.90 Å². The first-order valence-electron chi connectivity index (χ1n) is 10.9. The van der Waals surface area contributed by atoms with Crippen molar-refractivity contribution >= 4 is 11.7 Å². The van der Waals surface area contributed by atoms with Gasteiger partial charge in [0.1, 0.15) is 0 Å². The first-order chi connectivity index (χ1) is 14.2. The second-order valence-corrected chi connectivity index (χ2v) is 8.50. The summed E-state index contributed by atoms with van der Waals surface area (Å²) in [5, 5.41) is 15.0. The van der Waals surface area contributed by atoms with Gasteiger partial charge in [-0.25, -0.2) is 9.48 Å². The molecule has 1 aromatic heterocycles. The topological polar surface area (TPSA) is 79.2 Å². The second-order valence-electron chi connectivity index (χ2n) is 8.50. The Kier molecular flexibility index (Phi) is 4.95. The quantitative estimate of drug-likeness (QED) is 0.861. The molecule has 1 aromatic carbocycles. The molecular weight excluding hydrogens is 366 g/mol. The number of amides is 2. The molecule has 0 bridgehead atoms. The van der Waals surface area contributed by atoms with Gasteiger partial charge in [0.05, 0.1) is 0 Å². The zero-order valence-electron chi connectivity index (χ0n) is 17.0. The molecule has 2 amide bonds. The predicted octanol–water partition coefficient (Wildman–Crippen LogP) is 2.84. The number of benzene rings is 1. The number of hydrogen-bond donors (Lipinski definition) is 1. The number of aromatic nitrogens is 4. The van der Waals surface area contributed by atoms with Crippen LogP contribution in [0.3, 0.4) is 0 Å². The lowest BCUT2D eigenvalue weighted by Crippen LogP contribution is -2.56. The number of carbonyl (C=O) groups excluding carboxylic acids is 1. The van der Waals surface area contributed by atoms with Crippen LogP contribution in [0.1, 0.15) is 39.0 Å². The van der Waals surface area contributed by atoms with E-state index in [2.05, 4.69) is 25.7 Å². The van der Waals surface area contributed by atoms with E-state index in [9.17, 15) is 4.79 Å². The Morgan fingerprint density at radius 1 is 1.21 bits per heavy atom. The van der Waals surface area contributed by atoms with E-state index in [1.165, 1.54) is 32.2 Å². The summed E-state index contributed by atoms with van der Waals surface area (Å²) < 4.78 is 1.75. The third-order valence-corrected chi connectivity index (χ3v) is 6.62. The SMILES string of the molecule is CCn1nnnc1-c1cccc(NC(=O)N2CCC3C(CCCN3C3CC3)C2)c1. The Morgan fingerprint density at radius 2 is 2.10 bits per heavy atom. The van der Waals surface area contributed by atoms with Crippen molar-refractivity contribution in [2.24, 2.45) is 5.92 Å². The highest BCUT2D eigenvalue weighted by Crippen LogP contribution is 2.38. The molecule has 1 aliphatic carbocycles. The highest BCUT2D eigenvalue weighted by molar-refractivity contribution is 5.90. The number of fused-ring (bicyclic) bond motifs is 1. The van der Waals surface area contributed by atoms with E-state index >= 15 is 0 Å². The summed E-state index contributed by atoms with van der Waals surface area (Å²) in [7, 11) is 0. The highest BCUT2D eigenvalue weighted by Gasteiger charge is 2.42. The Labute approximate surface area is 171 Å². The van der Waals surface area contributed by atoms with Crippen molar-refractivity contribution in [3.63, 3.8) is 0 Å². The van der Waals surface area contributed by atoms with E-state index in [1.807, 2.05) is 36.1 Å². The van der Waals surface area contributed by atoms with Crippen molar-refractivity contribution in [1.82, 2.24) is 30.0 Å². The number of urea groups is 1. The lowest BCUT2D eigenvalue weighted by atomic mass is 9.84. The van der Waals surface area contributed by atoms with Crippen molar-refractivity contribution in [3.8, 4) is 11.4 Å². The maximum atomic E-state index is 12.9. The first-order valence-corrected chi connectivity index (χ1v) is 10.9. The number of nitrogens with one attached hydrogen (secondary N) is 1. The number of nitrogens with zero attached hydrogens (tertiary/aromatic N) is 6. The summed E-state index contributed by atoms with van der Waals surface area (Å²) in [6.07, 6.45) is 6.34. The van der Waals surface area contributed by atoms with Gasteiger partial charge < -0.3 is 10.2 Å². The number of rotatable bonds is 4. The predicted molar refractivity (Wildman–Crippen MR) is 110 cm³/mol. The summed E-state index contributed by atoms with van der Waals surface area (Å²) in [6, 6.07) is 9.26. The van der Waals surface area contributed by atoms with Crippen LogP contribution in [0.25, 0.3) is 11.4 Å². The molecule has 1 N–H and O–H groups in total. The minimum Gasteiger partial charge on any atom is -0.324 e. The number of anilines is 1. The Morgan fingerprint density at radius 3 is 2.93 bits per heavy atom. The number of tetrazole rings is 1. The van der Waals surface area contributed by atoms with E-state index in [4.69, 9.17) is 0 Å². The average molecular weight is 396 g/mol. The molecule has 0 radical (unpaired) electrons. The monoisotopic (exact) mass is 395 g/mol. The summed E-state index contributed by atoms with van der Waals surface area (Å²) in [5.74, 6) is 1.33. The number of carbonyl (C=O) groups is 1. The van der Waals surface area contributed by atoms with Crippen LogP contribution >= 0.6 is 0 Å². The van der Waals surface area contributed by atoms with Crippen LogP contribution < -0.4 is 5.32 Å². The number of hydrogen-bond acceptors (Lipinski definition) is 5. The van der Waals surface area contributed by atoms with E-state index in [0.29, 0.717) is 24.3 Å². The minimum absolute atomic E-state index is 0.000714. The van der Waals surface area contributed by atoms with Gasteiger partial charge in [0.15, 0.2) is 5.82 Å². The van der Waals surface area contributed by atoms with Crippen LogP contribution in [0.4, 0.5) is 10.5 Å². The maximum Gasteiger partial charge on any atom is 0.321 e. The molecule has 2 aliphatic heterocycles. The molecule has 8 heteroatoms. The van der Waals surface area contributed by atoms with Gasteiger partial charge in [-0.2, -0.15) is 0 Å². The zero-order valence-corrected chi connectivity index (χ0v) is 17.0. The van der Waals surface area contributed by atoms with Crippen molar-refractivity contribution in [3.05, 3.63) is 24.3 Å².